The van der Waals surface area contributed by atoms with Gasteiger partial charge in [0.05, 0.1) is 0 Å². The predicted octanol–water partition coefficient (Wildman–Crippen LogP) is 2.85. The Morgan fingerprint density at radius 3 is 2.79 bits per heavy atom. The minimum absolute atomic E-state index is 0.0551. The molecule has 0 spiro atoms. The van der Waals surface area contributed by atoms with Crippen molar-refractivity contribution in [2.45, 2.75) is 12.6 Å². The molecule has 1 aliphatic rings. The van der Waals surface area contributed by atoms with E-state index in [0.29, 0.717) is 11.6 Å². The Hall–Kier alpha value is -1.88. The molecule has 2 aromatic carbocycles. The number of benzene rings is 2. The Labute approximate surface area is 147 Å². The summed E-state index contributed by atoms with van der Waals surface area (Å²) in [6, 6.07) is 16.2. The number of nitrogens with one attached hydrogen (secondary N) is 2. The van der Waals surface area contributed by atoms with Gasteiger partial charge in [-0.15, -0.1) is 0 Å². The minimum atomic E-state index is -0.0551. The number of hydrogen-bond donors (Lipinski definition) is 2. The molecular weight excluding hydrogens is 322 g/mol. The van der Waals surface area contributed by atoms with E-state index in [1.807, 2.05) is 42.5 Å². The summed E-state index contributed by atoms with van der Waals surface area (Å²) in [7, 11) is 1.65. The molecule has 0 bridgehead atoms. The summed E-state index contributed by atoms with van der Waals surface area (Å²) in [5.41, 5.74) is 3.13. The van der Waals surface area contributed by atoms with E-state index >= 15 is 0 Å². The second kappa shape index (κ2) is 7.79. The zero-order valence-electron chi connectivity index (χ0n) is 13.8. The predicted molar refractivity (Wildman–Crippen MR) is 97.3 cm³/mol. The number of amides is 1. The van der Waals surface area contributed by atoms with Crippen LogP contribution in [0.25, 0.3) is 0 Å². The molecule has 1 atom stereocenters. The van der Waals surface area contributed by atoms with Crippen LogP contribution in [0.5, 0.6) is 0 Å². The van der Waals surface area contributed by atoms with E-state index in [9.17, 15) is 4.79 Å². The molecular formula is C19H22ClN3O. The van der Waals surface area contributed by atoms with Gasteiger partial charge in [0, 0.05) is 49.9 Å². The van der Waals surface area contributed by atoms with Crippen molar-refractivity contribution >= 4 is 17.5 Å². The molecule has 0 saturated carbocycles. The van der Waals surface area contributed by atoms with Crippen LogP contribution in [0.4, 0.5) is 0 Å². The highest BCUT2D eigenvalue weighted by Crippen LogP contribution is 2.26. The lowest BCUT2D eigenvalue weighted by molar-refractivity contribution is 0.0963. The Balaban J connectivity index is 1.75. The first-order chi connectivity index (χ1) is 11.7. The van der Waals surface area contributed by atoms with E-state index in [1.165, 1.54) is 11.1 Å². The van der Waals surface area contributed by atoms with Gasteiger partial charge in [0.2, 0.25) is 0 Å². The number of rotatable bonds is 4. The minimum Gasteiger partial charge on any atom is -0.355 e. The third-order valence-corrected chi connectivity index (χ3v) is 4.65. The Morgan fingerprint density at radius 2 is 2.08 bits per heavy atom. The van der Waals surface area contributed by atoms with Crippen LogP contribution >= 0.6 is 11.6 Å². The number of nitrogens with zero attached hydrogens (tertiary/aromatic N) is 1. The van der Waals surface area contributed by atoms with E-state index in [0.717, 1.165) is 31.2 Å². The first kappa shape index (κ1) is 17.0. The first-order valence-electron chi connectivity index (χ1n) is 8.18. The Morgan fingerprint density at radius 1 is 1.29 bits per heavy atom. The van der Waals surface area contributed by atoms with Crippen LogP contribution in [0.2, 0.25) is 5.02 Å². The van der Waals surface area contributed by atoms with Crippen molar-refractivity contribution in [3.8, 4) is 0 Å². The summed E-state index contributed by atoms with van der Waals surface area (Å²) < 4.78 is 0. The van der Waals surface area contributed by atoms with Gasteiger partial charge in [-0.05, 0) is 35.4 Å². The molecule has 1 unspecified atom stereocenters. The molecule has 0 radical (unpaired) electrons. The molecule has 4 nitrogen and oxygen atoms in total. The van der Waals surface area contributed by atoms with Crippen LogP contribution in [0.3, 0.4) is 0 Å². The molecule has 126 valence electrons. The fraction of sp³-hybridized carbons (Fsp3) is 0.316. The molecule has 1 amide bonds. The summed E-state index contributed by atoms with van der Waals surface area (Å²) in [6.45, 7) is 3.73. The Kier molecular flexibility index (Phi) is 5.51. The van der Waals surface area contributed by atoms with Gasteiger partial charge in [0.15, 0.2) is 0 Å². The molecule has 5 heteroatoms. The van der Waals surface area contributed by atoms with E-state index in [2.05, 4.69) is 21.6 Å². The van der Waals surface area contributed by atoms with Crippen LogP contribution in [-0.2, 0) is 6.54 Å². The van der Waals surface area contributed by atoms with Crippen molar-refractivity contribution in [2.24, 2.45) is 0 Å². The van der Waals surface area contributed by atoms with Gasteiger partial charge in [-0.3, -0.25) is 9.69 Å². The van der Waals surface area contributed by atoms with Gasteiger partial charge < -0.3 is 10.6 Å². The van der Waals surface area contributed by atoms with Gasteiger partial charge in [0.1, 0.15) is 0 Å². The normalized spacial score (nSPS) is 18.3. The molecule has 0 aromatic heterocycles. The number of halogens is 1. The van der Waals surface area contributed by atoms with E-state index in [1.54, 1.807) is 7.05 Å². The summed E-state index contributed by atoms with van der Waals surface area (Å²) >= 11 is 6.16. The fourth-order valence-electron chi connectivity index (χ4n) is 3.12. The summed E-state index contributed by atoms with van der Waals surface area (Å²) in [5.74, 6) is -0.0551. The van der Waals surface area contributed by atoms with Crippen molar-refractivity contribution in [2.75, 3.05) is 26.7 Å². The van der Waals surface area contributed by atoms with Crippen LogP contribution in [-0.4, -0.2) is 37.5 Å². The van der Waals surface area contributed by atoms with Crippen molar-refractivity contribution in [1.82, 2.24) is 15.5 Å². The van der Waals surface area contributed by atoms with Crippen molar-refractivity contribution in [3.63, 3.8) is 0 Å². The maximum absolute atomic E-state index is 11.6. The topological polar surface area (TPSA) is 44.4 Å². The largest absolute Gasteiger partial charge is 0.355 e. The molecule has 24 heavy (non-hydrogen) atoms. The number of hydrogen-bond acceptors (Lipinski definition) is 3. The van der Waals surface area contributed by atoms with Crippen LogP contribution < -0.4 is 10.6 Å². The average molecular weight is 344 g/mol. The van der Waals surface area contributed by atoms with Crippen LogP contribution in [0.1, 0.15) is 27.5 Å². The SMILES string of the molecule is CNC(=O)c1ccc(CN2CCNCC2c2cccc(Cl)c2)cc1. The summed E-state index contributed by atoms with van der Waals surface area (Å²) in [5, 5.41) is 6.88. The highest BCUT2D eigenvalue weighted by Gasteiger charge is 2.23. The van der Waals surface area contributed by atoms with Gasteiger partial charge in [-0.25, -0.2) is 0 Å². The molecule has 1 heterocycles. The average Bonchev–Trinajstić information content (AvgIpc) is 2.62. The number of piperazine rings is 1. The number of carbonyl (C=O) groups is 1. The zero-order chi connectivity index (χ0) is 16.9. The molecule has 1 aliphatic heterocycles. The maximum Gasteiger partial charge on any atom is 0.251 e. The fourth-order valence-corrected chi connectivity index (χ4v) is 3.32. The molecule has 0 aliphatic carbocycles. The van der Waals surface area contributed by atoms with E-state index in [4.69, 9.17) is 11.6 Å². The standard InChI is InChI=1S/C19H22ClN3O/c1-21-19(24)15-7-5-14(6-8-15)13-23-10-9-22-12-18(23)16-3-2-4-17(20)11-16/h2-8,11,18,22H,9-10,12-13H2,1H3,(H,21,24). The van der Waals surface area contributed by atoms with E-state index in [-0.39, 0.29) is 5.91 Å². The van der Waals surface area contributed by atoms with Crippen molar-refractivity contribution < 1.29 is 4.79 Å². The second-order valence-corrected chi connectivity index (χ2v) is 6.46. The lowest BCUT2D eigenvalue weighted by Gasteiger charge is -2.36. The lowest BCUT2D eigenvalue weighted by Crippen LogP contribution is -2.45. The molecule has 2 aromatic rings. The van der Waals surface area contributed by atoms with Gasteiger partial charge in [-0.1, -0.05) is 35.9 Å². The highest BCUT2D eigenvalue weighted by molar-refractivity contribution is 6.30. The van der Waals surface area contributed by atoms with Crippen LogP contribution in [0, 0.1) is 0 Å². The lowest BCUT2D eigenvalue weighted by atomic mass is 10.0. The monoisotopic (exact) mass is 343 g/mol. The highest BCUT2D eigenvalue weighted by atomic mass is 35.5. The molecule has 2 N–H and O–H groups in total. The van der Waals surface area contributed by atoms with E-state index < -0.39 is 0 Å². The van der Waals surface area contributed by atoms with Gasteiger partial charge >= 0.3 is 0 Å². The third kappa shape index (κ3) is 3.96. The summed E-state index contributed by atoms with van der Waals surface area (Å²) in [6.07, 6.45) is 0. The second-order valence-electron chi connectivity index (χ2n) is 6.02. The maximum atomic E-state index is 11.6. The molecule has 3 rings (SSSR count). The summed E-state index contributed by atoms with van der Waals surface area (Å²) in [4.78, 5) is 14.1. The van der Waals surface area contributed by atoms with Gasteiger partial charge in [0.25, 0.3) is 5.91 Å². The number of carbonyl (C=O) groups excluding carboxylic acids is 1. The van der Waals surface area contributed by atoms with Crippen LogP contribution in [0.15, 0.2) is 48.5 Å². The quantitative estimate of drug-likeness (QED) is 0.897. The smallest absolute Gasteiger partial charge is 0.251 e. The van der Waals surface area contributed by atoms with Crippen molar-refractivity contribution in [3.05, 3.63) is 70.2 Å². The first-order valence-corrected chi connectivity index (χ1v) is 8.56. The molecule has 1 saturated heterocycles. The zero-order valence-corrected chi connectivity index (χ0v) is 14.5. The Bertz CT molecular complexity index is 702. The van der Waals surface area contributed by atoms with Gasteiger partial charge in [-0.2, -0.15) is 0 Å². The third-order valence-electron chi connectivity index (χ3n) is 4.42. The van der Waals surface area contributed by atoms with Crippen molar-refractivity contribution in [1.29, 1.82) is 0 Å². The molecule has 1 fully saturated rings.